The first-order valence-electron chi connectivity index (χ1n) is 6.30. The lowest BCUT2D eigenvalue weighted by atomic mass is 10.1. The fourth-order valence-corrected chi connectivity index (χ4v) is 1.66. The van der Waals surface area contributed by atoms with E-state index < -0.39 is 12.1 Å². The van der Waals surface area contributed by atoms with Crippen LogP contribution in [0.5, 0.6) is 11.5 Å². The van der Waals surface area contributed by atoms with Gasteiger partial charge in [0.1, 0.15) is 5.82 Å². The number of methoxy groups -OCH3 is 4. The van der Waals surface area contributed by atoms with Crippen molar-refractivity contribution in [2.45, 2.75) is 6.29 Å². The maximum Gasteiger partial charge on any atom is 0.189 e. The van der Waals surface area contributed by atoms with Crippen LogP contribution in [0.4, 0.5) is 4.39 Å². The van der Waals surface area contributed by atoms with E-state index in [2.05, 4.69) is 0 Å². The molecule has 0 saturated heterocycles. The minimum Gasteiger partial charge on any atom is -0.493 e. The van der Waals surface area contributed by atoms with Crippen molar-refractivity contribution >= 4 is 0 Å². The van der Waals surface area contributed by atoms with Crippen LogP contribution < -0.4 is 9.47 Å². The summed E-state index contributed by atoms with van der Waals surface area (Å²) in [5.41, 5.74) is 0.215. The van der Waals surface area contributed by atoms with Gasteiger partial charge in [-0.05, 0) is 6.07 Å². The van der Waals surface area contributed by atoms with Crippen LogP contribution in [0.3, 0.4) is 0 Å². The third-order valence-electron chi connectivity index (χ3n) is 2.69. The zero-order valence-corrected chi connectivity index (χ0v) is 12.7. The summed E-state index contributed by atoms with van der Waals surface area (Å²) in [5, 5.41) is 0. The van der Waals surface area contributed by atoms with Gasteiger partial charge in [-0.15, -0.1) is 0 Å². The van der Waals surface area contributed by atoms with Gasteiger partial charge in [-0.2, -0.15) is 0 Å². The summed E-state index contributed by atoms with van der Waals surface area (Å²) >= 11 is 0. The van der Waals surface area contributed by atoms with E-state index in [1.165, 1.54) is 33.5 Å². The molecule has 0 aliphatic carbocycles. The van der Waals surface area contributed by atoms with E-state index in [9.17, 15) is 4.39 Å². The van der Waals surface area contributed by atoms with Crippen molar-refractivity contribution in [3.63, 3.8) is 0 Å². The molecule has 0 saturated carbocycles. The van der Waals surface area contributed by atoms with Gasteiger partial charge in [-0.25, -0.2) is 4.39 Å². The first-order valence-corrected chi connectivity index (χ1v) is 6.30. The Labute approximate surface area is 123 Å². The van der Waals surface area contributed by atoms with Crippen LogP contribution in [0.15, 0.2) is 12.1 Å². The van der Waals surface area contributed by atoms with Crippen LogP contribution in [-0.2, 0) is 18.9 Å². The molecule has 120 valence electrons. The molecule has 0 aliphatic rings. The highest BCUT2D eigenvalue weighted by Gasteiger charge is 2.19. The molecule has 1 aromatic carbocycles. The molecule has 0 N–H and O–H groups in total. The predicted molar refractivity (Wildman–Crippen MR) is 73.0 cm³/mol. The van der Waals surface area contributed by atoms with E-state index in [4.69, 9.17) is 28.4 Å². The number of benzene rings is 1. The molecular weight excluding hydrogens is 283 g/mol. The van der Waals surface area contributed by atoms with E-state index in [0.717, 1.165) is 0 Å². The number of ether oxygens (including phenoxy) is 6. The highest BCUT2D eigenvalue weighted by atomic mass is 19.1. The Hall–Kier alpha value is -1.41. The van der Waals surface area contributed by atoms with Gasteiger partial charge in [-0.1, -0.05) is 0 Å². The Morgan fingerprint density at radius 2 is 1.71 bits per heavy atom. The normalized spacial score (nSPS) is 11.0. The highest BCUT2D eigenvalue weighted by molar-refractivity contribution is 5.44. The smallest absolute Gasteiger partial charge is 0.189 e. The van der Waals surface area contributed by atoms with Gasteiger partial charge in [0, 0.05) is 33.0 Å². The van der Waals surface area contributed by atoms with Gasteiger partial charge in [0.2, 0.25) is 0 Å². The Morgan fingerprint density at radius 3 is 2.29 bits per heavy atom. The third-order valence-corrected chi connectivity index (χ3v) is 2.69. The molecular formula is C14H21FO6. The van der Waals surface area contributed by atoms with Gasteiger partial charge in [0.25, 0.3) is 0 Å². The predicted octanol–water partition coefficient (Wildman–Crippen LogP) is 2.12. The summed E-state index contributed by atoms with van der Waals surface area (Å²) in [6.45, 7) is 0.853. The number of hydrogen-bond donors (Lipinski definition) is 0. The number of halogens is 1. The Bertz CT molecular complexity index is 422. The van der Waals surface area contributed by atoms with E-state index in [1.807, 2.05) is 0 Å². The van der Waals surface area contributed by atoms with Crippen LogP contribution in [0.2, 0.25) is 0 Å². The van der Waals surface area contributed by atoms with E-state index in [-0.39, 0.29) is 18.1 Å². The first kappa shape index (κ1) is 17.6. The second-order valence-electron chi connectivity index (χ2n) is 3.99. The average Bonchev–Trinajstić information content (AvgIpc) is 2.50. The molecule has 0 radical (unpaired) electrons. The van der Waals surface area contributed by atoms with Gasteiger partial charge in [0.15, 0.2) is 24.6 Å². The Morgan fingerprint density at radius 1 is 1.00 bits per heavy atom. The lowest BCUT2D eigenvalue weighted by Gasteiger charge is -2.17. The second kappa shape index (κ2) is 9.51. The average molecular weight is 304 g/mol. The molecule has 0 aliphatic heterocycles. The molecule has 21 heavy (non-hydrogen) atoms. The van der Waals surface area contributed by atoms with Gasteiger partial charge in [-0.3, -0.25) is 0 Å². The van der Waals surface area contributed by atoms with Crippen molar-refractivity contribution < 1.29 is 32.8 Å². The van der Waals surface area contributed by atoms with E-state index in [0.29, 0.717) is 19.0 Å². The minimum atomic E-state index is -0.826. The summed E-state index contributed by atoms with van der Waals surface area (Å²) in [5.74, 6) is 0.0937. The quantitative estimate of drug-likeness (QED) is 0.487. The molecule has 6 nitrogen and oxygen atoms in total. The van der Waals surface area contributed by atoms with Crippen molar-refractivity contribution in [1.29, 1.82) is 0 Å². The number of hydrogen-bond acceptors (Lipinski definition) is 6. The van der Waals surface area contributed by atoms with E-state index >= 15 is 0 Å². The Balaban J connectivity index is 2.82. The zero-order chi connectivity index (χ0) is 15.7. The second-order valence-corrected chi connectivity index (χ2v) is 3.99. The van der Waals surface area contributed by atoms with Gasteiger partial charge >= 0.3 is 0 Å². The minimum absolute atomic E-state index is 0.00454. The van der Waals surface area contributed by atoms with Gasteiger partial charge < -0.3 is 28.4 Å². The molecule has 0 aromatic heterocycles. The van der Waals surface area contributed by atoms with Crippen molar-refractivity contribution in [3.8, 4) is 11.5 Å². The monoisotopic (exact) mass is 304 g/mol. The van der Waals surface area contributed by atoms with E-state index in [1.54, 1.807) is 7.11 Å². The fraction of sp³-hybridized carbons (Fsp3) is 0.571. The standard InChI is InChI=1S/C14H21FO6/c1-16-5-6-20-9-21-13-7-10(14(18-3)19-4)11(15)8-12(13)17-2/h7-8,14H,5-6,9H2,1-4H3. The summed E-state index contributed by atoms with van der Waals surface area (Å²) in [4.78, 5) is 0. The maximum absolute atomic E-state index is 14.0. The SMILES string of the molecule is COCCOCOc1cc(C(OC)OC)c(F)cc1OC. The molecule has 1 aromatic rings. The molecule has 0 bridgehead atoms. The van der Waals surface area contributed by atoms with Crippen LogP contribution in [0.1, 0.15) is 11.9 Å². The van der Waals surface area contributed by atoms with Crippen molar-refractivity contribution in [2.24, 2.45) is 0 Å². The molecule has 1 rings (SSSR count). The maximum atomic E-state index is 14.0. The number of rotatable bonds is 10. The summed E-state index contributed by atoms with van der Waals surface area (Å²) in [6.07, 6.45) is -0.826. The molecule has 0 heterocycles. The molecule has 0 amide bonds. The van der Waals surface area contributed by atoms with Crippen LogP contribution in [0.25, 0.3) is 0 Å². The summed E-state index contributed by atoms with van der Waals surface area (Å²) in [6, 6.07) is 2.68. The molecule has 0 unspecified atom stereocenters. The largest absolute Gasteiger partial charge is 0.493 e. The lowest BCUT2D eigenvalue weighted by molar-refractivity contribution is -0.108. The highest BCUT2D eigenvalue weighted by Crippen LogP contribution is 2.33. The lowest BCUT2D eigenvalue weighted by Crippen LogP contribution is -2.10. The summed E-state index contributed by atoms with van der Waals surface area (Å²) in [7, 11) is 5.85. The van der Waals surface area contributed by atoms with Crippen LogP contribution in [-0.4, -0.2) is 48.4 Å². The third kappa shape index (κ3) is 5.13. The fourth-order valence-electron chi connectivity index (χ4n) is 1.66. The molecule has 0 atom stereocenters. The van der Waals surface area contributed by atoms with Crippen molar-refractivity contribution in [2.75, 3.05) is 48.4 Å². The topological polar surface area (TPSA) is 55.4 Å². The Kier molecular flexibility index (Phi) is 7.99. The molecule has 0 fully saturated rings. The summed E-state index contributed by atoms with van der Waals surface area (Å²) < 4.78 is 44.6. The van der Waals surface area contributed by atoms with Crippen molar-refractivity contribution in [1.82, 2.24) is 0 Å². The van der Waals surface area contributed by atoms with Crippen LogP contribution >= 0.6 is 0 Å². The van der Waals surface area contributed by atoms with Gasteiger partial charge in [0.05, 0.1) is 20.3 Å². The van der Waals surface area contributed by atoms with Crippen LogP contribution in [0, 0.1) is 5.82 Å². The zero-order valence-electron chi connectivity index (χ0n) is 12.7. The molecule has 7 heteroatoms. The van der Waals surface area contributed by atoms with Crippen molar-refractivity contribution in [3.05, 3.63) is 23.5 Å². The molecule has 0 spiro atoms. The first-order chi connectivity index (χ1) is 10.2.